The molecular formula is C12H17F3N2O2. The zero-order valence-corrected chi connectivity index (χ0v) is 11.0. The van der Waals surface area contributed by atoms with E-state index in [1.807, 2.05) is 0 Å². The van der Waals surface area contributed by atoms with E-state index < -0.39 is 23.8 Å². The Kier molecular flexibility index (Phi) is 4.52. The topological polar surface area (TPSA) is 58.7 Å². The van der Waals surface area contributed by atoms with Gasteiger partial charge in [0.2, 0.25) is 0 Å². The van der Waals surface area contributed by atoms with Crippen LogP contribution in [0, 0.1) is 5.82 Å². The minimum absolute atomic E-state index is 0.0749. The maximum atomic E-state index is 13.4. The minimum atomic E-state index is -3.12. The van der Waals surface area contributed by atoms with Gasteiger partial charge < -0.3 is 20.5 Å². The maximum absolute atomic E-state index is 13.4. The summed E-state index contributed by atoms with van der Waals surface area (Å²) in [5, 5.41) is 9.70. The quantitative estimate of drug-likeness (QED) is 0.811. The molecule has 4 nitrogen and oxygen atoms in total. The monoisotopic (exact) mass is 278 g/mol. The number of nitrogens with two attached hydrogens (primary N) is 1. The van der Waals surface area contributed by atoms with Crippen molar-refractivity contribution in [3.05, 3.63) is 17.9 Å². The van der Waals surface area contributed by atoms with Gasteiger partial charge in [0.1, 0.15) is 0 Å². The Hall–Kier alpha value is -1.63. The fraction of sp³-hybridized carbons (Fsp3) is 0.500. The third kappa shape index (κ3) is 4.51. The molecule has 1 rings (SSSR count). The van der Waals surface area contributed by atoms with Crippen LogP contribution in [-0.2, 0) is 0 Å². The molecule has 0 atom stereocenters. The number of likely N-dealkylation sites (N-methyl/N-ethyl adjacent to an activating group) is 1. The van der Waals surface area contributed by atoms with E-state index in [1.165, 1.54) is 4.90 Å². The lowest BCUT2D eigenvalue weighted by Gasteiger charge is -2.28. The number of benzene rings is 1. The molecule has 0 radical (unpaired) electrons. The summed E-state index contributed by atoms with van der Waals surface area (Å²) < 4.78 is 41.7. The van der Waals surface area contributed by atoms with E-state index >= 15 is 0 Å². The molecule has 0 saturated carbocycles. The van der Waals surface area contributed by atoms with Gasteiger partial charge in [-0.25, -0.2) is 4.39 Å². The largest absolute Gasteiger partial charge is 0.432 e. The molecule has 1 aromatic carbocycles. The van der Waals surface area contributed by atoms with Crippen molar-refractivity contribution in [3.8, 4) is 5.75 Å². The van der Waals surface area contributed by atoms with Gasteiger partial charge in [0.15, 0.2) is 11.6 Å². The Morgan fingerprint density at radius 3 is 2.47 bits per heavy atom. The van der Waals surface area contributed by atoms with Crippen molar-refractivity contribution in [2.45, 2.75) is 26.1 Å². The Balaban J connectivity index is 3.06. The van der Waals surface area contributed by atoms with Gasteiger partial charge >= 0.3 is 6.61 Å². The summed E-state index contributed by atoms with van der Waals surface area (Å²) in [5.41, 5.74) is 5.00. The van der Waals surface area contributed by atoms with E-state index in [0.717, 1.165) is 12.1 Å². The minimum Gasteiger partial charge on any atom is -0.432 e. The molecule has 0 fully saturated rings. The molecule has 0 aliphatic rings. The first-order valence-corrected chi connectivity index (χ1v) is 5.57. The van der Waals surface area contributed by atoms with E-state index in [1.54, 1.807) is 20.9 Å². The summed E-state index contributed by atoms with van der Waals surface area (Å²) in [6, 6.07) is 2.00. The summed E-state index contributed by atoms with van der Waals surface area (Å²) in [5.74, 6) is -1.54. The van der Waals surface area contributed by atoms with Crippen LogP contribution in [-0.4, -0.2) is 30.9 Å². The Bertz CT molecular complexity index is 447. The molecule has 0 amide bonds. The number of rotatable bonds is 5. The molecule has 1 aromatic rings. The summed E-state index contributed by atoms with van der Waals surface area (Å²) >= 11 is 0. The summed E-state index contributed by atoms with van der Waals surface area (Å²) in [6.07, 6.45) is 0. The third-order valence-electron chi connectivity index (χ3n) is 2.33. The molecule has 0 aromatic heterocycles. The van der Waals surface area contributed by atoms with Crippen molar-refractivity contribution in [1.82, 2.24) is 0 Å². The number of hydrogen-bond acceptors (Lipinski definition) is 4. The number of alkyl halides is 2. The highest BCUT2D eigenvalue weighted by molar-refractivity contribution is 5.69. The van der Waals surface area contributed by atoms with Gasteiger partial charge in [-0.15, -0.1) is 0 Å². The molecular weight excluding hydrogens is 261 g/mol. The normalized spacial score (nSPS) is 11.8. The number of aliphatic hydroxyl groups is 1. The zero-order valence-electron chi connectivity index (χ0n) is 11.0. The SMILES string of the molecule is CN(CC(C)(C)O)c1cc(OC(F)F)c(F)cc1N. The first kappa shape index (κ1) is 15.4. The highest BCUT2D eigenvalue weighted by Crippen LogP contribution is 2.31. The van der Waals surface area contributed by atoms with Crippen LogP contribution in [0.5, 0.6) is 5.75 Å². The van der Waals surface area contributed by atoms with Crippen LogP contribution in [0.3, 0.4) is 0 Å². The molecule has 0 spiro atoms. The van der Waals surface area contributed by atoms with Gasteiger partial charge in [-0.1, -0.05) is 0 Å². The van der Waals surface area contributed by atoms with Gasteiger partial charge in [0, 0.05) is 25.7 Å². The second-order valence-electron chi connectivity index (χ2n) is 4.89. The number of hydrogen-bond donors (Lipinski definition) is 2. The number of ether oxygens (including phenoxy) is 1. The van der Waals surface area contributed by atoms with Crippen molar-refractivity contribution in [3.63, 3.8) is 0 Å². The van der Waals surface area contributed by atoms with E-state index in [4.69, 9.17) is 5.73 Å². The van der Waals surface area contributed by atoms with E-state index in [9.17, 15) is 18.3 Å². The van der Waals surface area contributed by atoms with Crippen molar-refractivity contribution < 1.29 is 23.0 Å². The predicted molar refractivity (Wildman–Crippen MR) is 67.0 cm³/mol. The lowest BCUT2D eigenvalue weighted by molar-refractivity contribution is -0.0521. The summed E-state index contributed by atoms with van der Waals surface area (Å²) in [7, 11) is 1.60. The fourth-order valence-electron chi connectivity index (χ4n) is 1.74. The first-order valence-electron chi connectivity index (χ1n) is 5.57. The smallest absolute Gasteiger partial charge is 0.387 e. The number of anilines is 2. The Morgan fingerprint density at radius 1 is 1.42 bits per heavy atom. The van der Waals surface area contributed by atoms with Crippen LogP contribution in [0.1, 0.15) is 13.8 Å². The van der Waals surface area contributed by atoms with E-state index in [-0.39, 0.29) is 12.2 Å². The van der Waals surface area contributed by atoms with Crippen molar-refractivity contribution >= 4 is 11.4 Å². The first-order chi connectivity index (χ1) is 8.60. The zero-order chi connectivity index (χ0) is 14.8. The number of nitrogens with zero attached hydrogens (tertiary/aromatic N) is 1. The van der Waals surface area contributed by atoms with Crippen LogP contribution < -0.4 is 15.4 Å². The molecule has 0 aliphatic carbocycles. The van der Waals surface area contributed by atoms with E-state index in [0.29, 0.717) is 5.69 Å². The van der Waals surface area contributed by atoms with Crippen molar-refractivity contribution in [2.75, 3.05) is 24.2 Å². The molecule has 0 aliphatic heterocycles. The predicted octanol–water partition coefficient (Wildman–Crippen LogP) is 2.22. The second-order valence-corrected chi connectivity index (χ2v) is 4.89. The molecule has 19 heavy (non-hydrogen) atoms. The highest BCUT2D eigenvalue weighted by Gasteiger charge is 2.20. The molecule has 3 N–H and O–H groups in total. The molecule has 108 valence electrons. The number of nitrogen functional groups attached to an aromatic ring is 1. The molecule has 0 saturated heterocycles. The van der Waals surface area contributed by atoms with Gasteiger partial charge in [0.05, 0.1) is 17.0 Å². The molecule has 7 heteroatoms. The van der Waals surface area contributed by atoms with Crippen molar-refractivity contribution in [2.24, 2.45) is 0 Å². The summed E-state index contributed by atoms with van der Waals surface area (Å²) in [6.45, 7) is 0.238. The van der Waals surface area contributed by atoms with Crippen LogP contribution in [0.4, 0.5) is 24.5 Å². The highest BCUT2D eigenvalue weighted by atomic mass is 19.3. The lowest BCUT2D eigenvalue weighted by atomic mass is 10.1. The third-order valence-corrected chi connectivity index (χ3v) is 2.33. The summed E-state index contributed by atoms with van der Waals surface area (Å²) in [4.78, 5) is 1.53. The van der Waals surface area contributed by atoms with Crippen LogP contribution in [0.15, 0.2) is 12.1 Å². The standard InChI is InChI=1S/C12H17F3N2O2/c1-12(2,18)6-17(3)9-5-10(19-11(14)15)7(13)4-8(9)16/h4-5,11,18H,6,16H2,1-3H3. The average molecular weight is 278 g/mol. The van der Waals surface area contributed by atoms with Crippen LogP contribution in [0.2, 0.25) is 0 Å². The second kappa shape index (κ2) is 5.56. The van der Waals surface area contributed by atoms with Gasteiger partial charge in [-0.2, -0.15) is 8.78 Å². The number of halogens is 3. The van der Waals surface area contributed by atoms with Crippen LogP contribution in [0.25, 0.3) is 0 Å². The van der Waals surface area contributed by atoms with Gasteiger partial charge in [0.25, 0.3) is 0 Å². The van der Waals surface area contributed by atoms with Crippen LogP contribution >= 0.6 is 0 Å². The fourth-order valence-corrected chi connectivity index (χ4v) is 1.74. The molecule has 0 bridgehead atoms. The van der Waals surface area contributed by atoms with E-state index in [2.05, 4.69) is 4.74 Å². The molecule has 0 heterocycles. The lowest BCUT2D eigenvalue weighted by Crippen LogP contribution is -2.36. The Labute approximate surface area is 109 Å². The maximum Gasteiger partial charge on any atom is 0.387 e. The van der Waals surface area contributed by atoms with Gasteiger partial charge in [-0.05, 0) is 13.8 Å². The van der Waals surface area contributed by atoms with Gasteiger partial charge in [-0.3, -0.25) is 0 Å². The Morgan fingerprint density at radius 2 is 2.00 bits per heavy atom. The average Bonchev–Trinajstić information content (AvgIpc) is 2.18. The van der Waals surface area contributed by atoms with Crippen molar-refractivity contribution in [1.29, 1.82) is 0 Å². The molecule has 0 unspecified atom stereocenters.